The highest BCUT2D eigenvalue weighted by atomic mass is 32.1. The van der Waals surface area contributed by atoms with Gasteiger partial charge in [0.25, 0.3) is 0 Å². The summed E-state index contributed by atoms with van der Waals surface area (Å²) in [6.07, 6.45) is 35.9. The molecule has 0 aliphatic heterocycles. The molecule has 0 aliphatic rings. The van der Waals surface area contributed by atoms with Crippen LogP contribution in [0.25, 0.3) is 108 Å². The number of aryl methyl sites for hydroxylation is 10. The van der Waals surface area contributed by atoms with Crippen molar-refractivity contribution < 1.29 is 13.5 Å². The average Bonchev–Trinajstić information content (AvgIpc) is 1.70. The lowest BCUT2D eigenvalue weighted by atomic mass is 10.2. The van der Waals surface area contributed by atoms with Crippen LogP contribution in [-0.4, -0.2) is 89.6 Å². The second kappa shape index (κ2) is 60.3. The van der Waals surface area contributed by atoms with E-state index in [2.05, 4.69) is 147 Å². The molecule has 20 heterocycles. The lowest BCUT2D eigenvalue weighted by molar-refractivity contribution is 0.399. The Kier molecular flexibility index (Phi) is 53.0. The van der Waals surface area contributed by atoms with Crippen molar-refractivity contribution in [2.75, 3.05) is 0 Å². The fraction of sp³-hybridized carbons (Fsp3) is 0.198. The van der Waals surface area contributed by atoms with Crippen molar-refractivity contribution in [3.05, 3.63) is 365 Å². The van der Waals surface area contributed by atoms with Crippen molar-refractivity contribution >= 4 is 79.1 Å². The summed E-state index contributed by atoms with van der Waals surface area (Å²) in [7, 11) is 2.02. The molecule has 0 bridgehead atoms. The maximum atomic E-state index is 5.08. The maximum absolute atomic E-state index is 5.08. The van der Waals surface area contributed by atoms with Crippen LogP contribution in [0, 0.1) is 62.3 Å². The summed E-state index contributed by atoms with van der Waals surface area (Å²) in [4.78, 5) is 70.0. The molecular formula is C101H122N18O3S6. The Morgan fingerprint density at radius 2 is 0.734 bits per heavy atom. The van der Waals surface area contributed by atoms with Gasteiger partial charge in [-0.25, -0.2) is 24.9 Å². The summed E-state index contributed by atoms with van der Waals surface area (Å²) >= 11 is 10.2. The van der Waals surface area contributed by atoms with E-state index >= 15 is 0 Å². The third-order valence-corrected chi connectivity index (χ3v) is 21.8. The van der Waals surface area contributed by atoms with Gasteiger partial charge in [-0.2, -0.15) is 0 Å². The van der Waals surface area contributed by atoms with E-state index in [1.54, 1.807) is 142 Å². The van der Waals surface area contributed by atoms with Gasteiger partial charge in [0.1, 0.15) is 43.4 Å². The molecule has 21 nitrogen and oxygen atoms in total. The molecule has 27 heteroatoms. The zero-order valence-corrected chi connectivity index (χ0v) is 71.1. The summed E-state index contributed by atoms with van der Waals surface area (Å²) in [6, 6.07) is 59.3. The number of pyridine rings is 10. The van der Waals surface area contributed by atoms with Gasteiger partial charge in [0.15, 0.2) is 11.7 Å². The molecule has 0 fully saturated rings. The van der Waals surface area contributed by atoms with Crippen molar-refractivity contribution in [2.45, 2.75) is 137 Å². The number of hydrogen-bond donors (Lipinski definition) is 0. The van der Waals surface area contributed by atoms with Crippen LogP contribution < -0.4 is 0 Å². The zero-order valence-electron chi connectivity index (χ0n) is 66.2. The van der Waals surface area contributed by atoms with E-state index in [-0.39, 0.29) is 74.3 Å². The first-order chi connectivity index (χ1) is 57.6. The zero-order chi connectivity index (χ0) is 82.5. The highest BCUT2D eigenvalue weighted by Gasteiger charge is 2.09. The SMILES string of the molecule is C.C.C.C.C.C.C.C.C.C.Cc1cc(-c2cccnc2)no1.Cc1cc(-c2cccnc2)on1.Cc1ccc(-c2ccccn2)s1.Cc1ccc(-c2cccnc2)s1.Cc1cnc(-c2ccccn2)s1.Cc1cnc(-c2cccnc2)s1.Cc1csc(-c2ccccn2)n1.Cc1csc(-c2cccnc2)n1.Cc1nc(-c2cccnc2)co1.Cn1ccc2ncccc21. The van der Waals surface area contributed by atoms with Gasteiger partial charge in [0, 0.05) is 224 Å². The van der Waals surface area contributed by atoms with Crippen molar-refractivity contribution in [1.82, 2.24) is 89.6 Å². The van der Waals surface area contributed by atoms with E-state index in [9.17, 15) is 0 Å². The van der Waals surface area contributed by atoms with Crippen LogP contribution >= 0.6 is 68.0 Å². The Balaban J connectivity index is 0.000000705. The predicted molar refractivity (Wildman–Crippen MR) is 546 cm³/mol. The van der Waals surface area contributed by atoms with E-state index in [0.717, 1.165) is 110 Å². The highest BCUT2D eigenvalue weighted by molar-refractivity contribution is 7.16. The molecular weight excluding hydrogens is 1710 g/mol. The molecule has 670 valence electrons. The fourth-order valence-electron chi connectivity index (χ4n) is 10.2. The largest absolute Gasteiger partial charge is 0.449 e. The first-order valence-electron chi connectivity index (χ1n) is 36.8. The van der Waals surface area contributed by atoms with Crippen LogP contribution in [0.1, 0.15) is 123 Å². The van der Waals surface area contributed by atoms with Crippen molar-refractivity contribution in [3.8, 4) is 97.4 Å². The number of thiazole rings is 4. The van der Waals surface area contributed by atoms with Gasteiger partial charge in [0.05, 0.1) is 38.7 Å². The molecule has 0 radical (unpaired) electrons. The van der Waals surface area contributed by atoms with Crippen molar-refractivity contribution in [2.24, 2.45) is 7.05 Å². The predicted octanol–water partition coefficient (Wildman–Crippen LogP) is 30.4. The van der Waals surface area contributed by atoms with E-state index in [1.165, 1.54) is 40.3 Å². The first-order valence-corrected chi connectivity index (χ1v) is 41.8. The minimum absolute atomic E-state index is 0. The summed E-state index contributed by atoms with van der Waals surface area (Å²) in [5.74, 6) is 2.25. The normalized spacial score (nSPS) is 9.33. The van der Waals surface area contributed by atoms with Gasteiger partial charge in [-0.05, 0) is 201 Å². The molecule has 0 saturated carbocycles. The Morgan fingerprint density at radius 3 is 1.13 bits per heavy atom. The van der Waals surface area contributed by atoms with Gasteiger partial charge >= 0.3 is 0 Å². The second-order valence-corrected chi connectivity index (χ2v) is 32.1. The third kappa shape index (κ3) is 36.6. The lowest BCUT2D eigenvalue weighted by Gasteiger charge is -1.92. The van der Waals surface area contributed by atoms with Crippen molar-refractivity contribution in [1.29, 1.82) is 0 Å². The molecule has 0 atom stereocenters. The number of oxazole rings is 1. The number of hydrogen-bond acceptors (Lipinski definition) is 26. The first kappa shape index (κ1) is 113. The van der Waals surface area contributed by atoms with Crippen LogP contribution in [0.5, 0.6) is 0 Å². The van der Waals surface area contributed by atoms with Gasteiger partial charge in [-0.15, -0.1) is 68.0 Å². The molecule has 0 saturated heterocycles. The van der Waals surface area contributed by atoms with E-state index in [1.807, 2.05) is 255 Å². The van der Waals surface area contributed by atoms with Gasteiger partial charge < -0.3 is 18.0 Å². The monoisotopic (exact) mass is 1830 g/mol. The molecule has 20 aromatic heterocycles. The number of aromatic nitrogens is 18. The van der Waals surface area contributed by atoms with E-state index < -0.39 is 0 Å². The summed E-state index contributed by atoms with van der Waals surface area (Å²) in [6.45, 7) is 17.9. The summed E-state index contributed by atoms with van der Waals surface area (Å²) < 4.78 is 17.1. The minimum Gasteiger partial charge on any atom is -0.449 e. The number of thiophene rings is 2. The highest BCUT2D eigenvalue weighted by Crippen LogP contribution is 2.30. The van der Waals surface area contributed by atoms with Gasteiger partial charge in [-0.3, -0.25) is 49.8 Å². The number of nitrogens with zero attached hydrogens (tertiary/aromatic N) is 18. The molecule has 0 spiro atoms. The number of fused-ring (bicyclic) bond motifs is 1. The van der Waals surface area contributed by atoms with Crippen molar-refractivity contribution in [3.63, 3.8) is 0 Å². The minimum atomic E-state index is 0. The third-order valence-electron chi connectivity index (χ3n) is 15.8. The Hall–Kier alpha value is -13.4. The lowest BCUT2D eigenvalue weighted by Crippen LogP contribution is -1.82. The van der Waals surface area contributed by atoms with Crippen LogP contribution in [-0.2, 0) is 7.05 Å². The molecule has 0 aliphatic carbocycles. The smallest absolute Gasteiger partial charge is 0.191 e. The molecule has 128 heavy (non-hydrogen) atoms. The Labute approximate surface area is 782 Å². The summed E-state index contributed by atoms with van der Waals surface area (Å²) in [5, 5.41) is 15.8. The van der Waals surface area contributed by atoms with Crippen LogP contribution in [0.4, 0.5) is 0 Å². The standard InChI is InChI=1S/2C10H9NS.3C9H8N2O.4C9H8N2S.C8H8N2.10CH4/c1-8-4-5-10(12-8)9-3-2-6-11-7-9;1-8-5-6-10(12-8)9-4-2-3-7-11-9;1-7-11-9(6-12-7)8-3-2-4-10-5-8;1-7-5-9(11-12-7)8-3-2-4-10-6-8;1-7-5-9(12-11-7)8-3-2-4-10-6-8;1-7-6-12-9(11-7)8-3-2-4-10-5-8;1-7-5-11-9(12-7)8-3-2-4-10-6-8;1-7-6-12-9(11-7)8-4-2-3-5-10-8;1-7-6-11-9(12-7)8-4-2-3-5-10-8;1-10-6-4-7-8(10)3-2-5-9-7;;;;;;;;;;/h2*2-7H,1H3;7*2-6H,1H3;2-6H,1H3;10*1H4. The molecule has 20 aromatic rings. The van der Waals surface area contributed by atoms with E-state index in [0.29, 0.717) is 5.89 Å². The van der Waals surface area contributed by atoms with Gasteiger partial charge in [0.2, 0.25) is 0 Å². The molecule has 0 amide bonds. The van der Waals surface area contributed by atoms with E-state index in [4.69, 9.17) is 13.5 Å². The van der Waals surface area contributed by atoms with Crippen LogP contribution in [0.2, 0.25) is 0 Å². The number of rotatable bonds is 9. The summed E-state index contributed by atoms with van der Waals surface area (Å²) in [5.41, 5.74) is 16.2. The topological polar surface area (TPSA) is 263 Å². The Bertz CT molecular complexity index is 5080. The average molecular weight is 1830 g/mol. The van der Waals surface area contributed by atoms with Gasteiger partial charge in [-0.1, -0.05) is 109 Å². The second-order valence-electron chi connectivity index (χ2n) is 25.3. The molecule has 0 aromatic carbocycles. The quantitative estimate of drug-likeness (QED) is 0.130. The molecule has 0 N–H and O–H groups in total. The molecule has 0 unspecified atom stereocenters. The fourth-order valence-corrected chi connectivity index (χ4v) is 14.9. The van der Waals surface area contributed by atoms with Crippen LogP contribution in [0.15, 0.2) is 330 Å². The Morgan fingerprint density at radius 1 is 0.297 bits per heavy atom. The van der Waals surface area contributed by atoms with Crippen LogP contribution in [0.3, 0.4) is 0 Å². The molecule has 20 rings (SSSR count). The maximum Gasteiger partial charge on any atom is 0.191 e.